The van der Waals surface area contributed by atoms with Crippen LogP contribution in [0.4, 0.5) is 5.69 Å². The van der Waals surface area contributed by atoms with Crippen LogP contribution in [0.3, 0.4) is 0 Å². The van der Waals surface area contributed by atoms with E-state index in [4.69, 9.17) is 0 Å². The smallest absolute Gasteiger partial charge is 0.254 e. The number of amides is 1. The molecule has 0 bridgehead atoms. The third kappa shape index (κ3) is 3.03. The van der Waals surface area contributed by atoms with Gasteiger partial charge in [0.2, 0.25) is 0 Å². The van der Waals surface area contributed by atoms with E-state index in [2.05, 4.69) is 22.5 Å². The van der Waals surface area contributed by atoms with E-state index in [1.165, 1.54) is 0 Å². The predicted molar refractivity (Wildman–Crippen MR) is 61.8 cm³/mol. The highest BCUT2D eigenvalue weighted by molar-refractivity contribution is 5.99. The first-order valence-electron chi connectivity index (χ1n) is 4.74. The molecular weight excluding hydrogens is 188 g/mol. The van der Waals surface area contributed by atoms with Crippen molar-refractivity contribution < 1.29 is 4.79 Å². The number of nitrogens with one attached hydrogen (secondary N) is 2. The SMILES string of the molecule is CC#CCNC(=O)c1ccccc1NC. The van der Waals surface area contributed by atoms with Gasteiger partial charge < -0.3 is 10.6 Å². The molecule has 0 spiro atoms. The van der Waals surface area contributed by atoms with E-state index in [9.17, 15) is 4.79 Å². The molecule has 3 heteroatoms. The van der Waals surface area contributed by atoms with Gasteiger partial charge in [-0.2, -0.15) is 0 Å². The summed E-state index contributed by atoms with van der Waals surface area (Å²) in [5.74, 6) is 5.40. The van der Waals surface area contributed by atoms with E-state index in [1.54, 1.807) is 20.0 Å². The maximum atomic E-state index is 11.7. The van der Waals surface area contributed by atoms with Crippen LogP contribution in [0.15, 0.2) is 24.3 Å². The molecule has 0 aliphatic rings. The normalized spacial score (nSPS) is 8.67. The third-order valence-corrected chi connectivity index (χ3v) is 1.96. The van der Waals surface area contributed by atoms with Gasteiger partial charge in [0.15, 0.2) is 0 Å². The highest BCUT2D eigenvalue weighted by Crippen LogP contribution is 2.13. The monoisotopic (exact) mass is 202 g/mol. The first kappa shape index (κ1) is 11.1. The molecule has 0 atom stereocenters. The fraction of sp³-hybridized carbons (Fsp3) is 0.250. The van der Waals surface area contributed by atoms with Crippen LogP contribution in [0.5, 0.6) is 0 Å². The molecule has 1 rings (SSSR count). The maximum Gasteiger partial charge on any atom is 0.254 e. The molecule has 1 amide bonds. The fourth-order valence-corrected chi connectivity index (χ4v) is 1.21. The summed E-state index contributed by atoms with van der Waals surface area (Å²) < 4.78 is 0. The fourth-order valence-electron chi connectivity index (χ4n) is 1.21. The second kappa shape index (κ2) is 5.71. The van der Waals surface area contributed by atoms with Crippen LogP contribution in [-0.2, 0) is 0 Å². The number of anilines is 1. The Bertz CT molecular complexity index is 402. The average Bonchev–Trinajstić information content (AvgIpc) is 2.29. The Labute approximate surface area is 89.9 Å². The molecular formula is C12H14N2O. The van der Waals surface area contributed by atoms with Crippen molar-refractivity contribution in [2.24, 2.45) is 0 Å². The zero-order valence-corrected chi connectivity index (χ0v) is 8.92. The Balaban J connectivity index is 2.75. The number of para-hydroxylation sites is 1. The van der Waals surface area contributed by atoms with Gasteiger partial charge in [-0.15, -0.1) is 5.92 Å². The van der Waals surface area contributed by atoms with Crippen LogP contribution in [0.25, 0.3) is 0 Å². The topological polar surface area (TPSA) is 41.1 Å². The predicted octanol–water partition coefficient (Wildman–Crippen LogP) is 1.48. The van der Waals surface area contributed by atoms with E-state index in [0.29, 0.717) is 12.1 Å². The van der Waals surface area contributed by atoms with Gasteiger partial charge >= 0.3 is 0 Å². The zero-order chi connectivity index (χ0) is 11.1. The highest BCUT2D eigenvalue weighted by Gasteiger charge is 2.07. The van der Waals surface area contributed by atoms with Gasteiger partial charge in [0.05, 0.1) is 12.1 Å². The summed E-state index contributed by atoms with van der Waals surface area (Å²) >= 11 is 0. The number of benzene rings is 1. The zero-order valence-electron chi connectivity index (χ0n) is 8.92. The van der Waals surface area contributed by atoms with Crippen LogP contribution in [0.1, 0.15) is 17.3 Å². The molecule has 78 valence electrons. The summed E-state index contributed by atoms with van der Waals surface area (Å²) in [4.78, 5) is 11.7. The number of hydrogen-bond donors (Lipinski definition) is 2. The van der Waals surface area contributed by atoms with Crippen molar-refractivity contribution >= 4 is 11.6 Å². The Morgan fingerprint density at radius 3 is 2.80 bits per heavy atom. The molecule has 0 unspecified atom stereocenters. The van der Waals surface area contributed by atoms with Crippen LogP contribution < -0.4 is 10.6 Å². The highest BCUT2D eigenvalue weighted by atomic mass is 16.1. The minimum atomic E-state index is -0.109. The Kier molecular flexibility index (Phi) is 4.24. The molecule has 0 saturated carbocycles. The van der Waals surface area contributed by atoms with E-state index in [-0.39, 0.29) is 5.91 Å². The van der Waals surface area contributed by atoms with E-state index < -0.39 is 0 Å². The van der Waals surface area contributed by atoms with Gasteiger partial charge in [-0.1, -0.05) is 18.1 Å². The number of carbonyl (C=O) groups is 1. The van der Waals surface area contributed by atoms with Crippen LogP contribution >= 0.6 is 0 Å². The standard InChI is InChI=1S/C12H14N2O/c1-3-4-9-14-12(15)10-7-5-6-8-11(10)13-2/h5-8,13H,9H2,1-2H3,(H,14,15). The molecule has 1 aromatic rings. The summed E-state index contributed by atoms with van der Waals surface area (Å²) in [5.41, 5.74) is 1.46. The summed E-state index contributed by atoms with van der Waals surface area (Å²) in [7, 11) is 1.79. The Morgan fingerprint density at radius 1 is 1.40 bits per heavy atom. The second-order valence-corrected chi connectivity index (χ2v) is 2.91. The van der Waals surface area contributed by atoms with Crippen LogP contribution in [0.2, 0.25) is 0 Å². The summed E-state index contributed by atoms with van der Waals surface area (Å²) in [5, 5.41) is 5.69. The minimum Gasteiger partial charge on any atom is -0.387 e. The molecule has 0 aliphatic heterocycles. The van der Waals surface area contributed by atoms with E-state index in [1.807, 2.05) is 18.2 Å². The van der Waals surface area contributed by atoms with Gasteiger partial charge in [0.25, 0.3) is 5.91 Å². The Hall–Kier alpha value is -1.95. The second-order valence-electron chi connectivity index (χ2n) is 2.91. The summed E-state index contributed by atoms with van der Waals surface area (Å²) in [6.07, 6.45) is 0. The van der Waals surface area contributed by atoms with Gasteiger partial charge in [-0.25, -0.2) is 0 Å². The molecule has 0 saturated heterocycles. The first-order chi connectivity index (χ1) is 7.29. The van der Waals surface area contributed by atoms with Gasteiger partial charge in [0.1, 0.15) is 0 Å². The molecule has 3 nitrogen and oxygen atoms in total. The molecule has 0 aliphatic carbocycles. The molecule has 2 N–H and O–H groups in total. The quantitative estimate of drug-likeness (QED) is 0.729. The number of carbonyl (C=O) groups excluding carboxylic acids is 1. The minimum absolute atomic E-state index is 0.109. The third-order valence-electron chi connectivity index (χ3n) is 1.96. The molecule has 0 fully saturated rings. The van der Waals surface area contributed by atoms with Crippen molar-refractivity contribution in [3.05, 3.63) is 29.8 Å². The van der Waals surface area contributed by atoms with E-state index in [0.717, 1.165) is 5.69 Å². The van der Waals surface area contributed by atoms with Crippen molar-refractivity contribution in [1.82, 2.24) is 5.32 Å². The van der Waals surface area contributed by atoms with Crippen LogP contribution in [0, 0.1) is 11.8 Å². The van der Waals surface area contributed by atoms with Gasteiger partial charge in [-0.05, 0) is 19.1 Å². The number of hydrogen-bond acceptors (Lipinski definition) is 2. The lowest BCUT2D eigenvalue weighted by Gasteiger charge is -2.07. The molecule has 15 heavy (non-hydrogen) atoms. The largest absolute Gasteiger partial charge is 0.387 e. The lowest BCUT2D eigenvalue weighted by atomic mass is 10.1. The van der Waals surface area contributed by atoms with Crippen molar-refractivity contribution in [3.63, 3.8) is 0 Å². The van der Waals surface area contributed by atoms with Gasteiger partial charge in [0, 0.05) is 12.7 Å². The van der Waals surface area contributed by atoms with Crippen LogP contribution in [-0.4, -0.2) is 19.5 Å². The molecule has 0 heterocycles. The molecule has 1 aromatic carbocycles. The first-order valence-corrected chi connectivity index (χ1v) is 4.74. The van der Waals surface area contributed by atoms with Crippen molar-refractivity contribution in [1.29, 1.82) is 0 Å². The van der Waals surface area contributed by atoms with Crippen molar-refractivity contribution in [2.75, 3.05) is 18.9 Å². The van der Waals surface area contributed by atoms with Crippen molar-refractivity contribution in [3.8, 4) is 11.8 Å². The van der Waals surface area contributed by atoms with E-state index >= 15 is 0 Å². The lowest BCUT2D eigenvalue weighted by molar-refractivity contribution is 0.0959. The lowest BCUT2D eigenvalue weighted by Crippen LogP contribution is -2.24. The van der Waals surface area contributed by atoms with Crippen molar-refractivity contribution in [2.45, 2.75) is 6.92 Å². The Morgan fingerprint density at radius 2 is 2.13 bits per heavy atom. The number of rotatable bonds is 3. The summed E-state index contributed by atoms with van der Waals surface area (Å²) in [6, 6.07) is 7.36. The average molecular weight is 202 g/mol. The molecule has 0 aromatic heterocycles. The summed E-state index contributed by atoms with van der Waals surface area (Å²) in [6.45, 7) is 2.13. The molecule has 0 radical (unpaired) electrons. The van der Waals surface area contributed by atoms with Gasteiger partial charge in [-0.3, -0.25) is 4.79 Å². The maximum absolute atomic E-state index is 11.7.